The number of esters is 1. The standard InChI is InChI=1S/C19H27NO3/c21-18(20-17-14-15-23-19(17)22)13-9-4-2-1-3-6-10-16-11-7-5-8-12-16/h5,7-8,11-12,17H,1-4,6,9-10,13-15H2,(H,20,21)/t17-/m0/s1. The highest BCUT2D eigenvalue weighted by Crippen LogP contribution is 2.11. The molecular weight excluding hydrogens is 290 g/mol. The molecule has 1 aliphatic rings. The van der Waals surface area contributed by atoms with Gasteiger partial charge in [-0.25, -0.2) is 4.79 Å². The van der Waals surface area contributed by atoms with Crippen LogP contribution in [0, 0.1) is 0 Å². The van der Waals surface area contributed by atoms with E-state index in [1.165, 1.54) is 31.2 Å². The zero-order valence-corrected chi connectivity index (χ0v) is 13.8. The fourth-order valence-corrected chi connectivity index (χ4v) is 2.86. The van der Waals surface area contributed by atoms with Crippen LogP contribution in [0.15, 0.2) is 30.3 Å². The van der Waals surface area contributed by atoms with Gasteiger partial charge in [-0.15, -0.1) is 0 Å². The van der Waals surface area contributed by atoms with E-state index in [-0.39, 0.29) is 11.9 Å². The summed E-state index contributed by atoms with van der Waals surface area (Å²) in [6.07, 6.45) is 9.11. The lowest BCUT2D eigenvalue weighted by molar-refractivity contribution is -0.141. The number of nitrogens with one attached hydrogen (secondary N) is 1. The van der Waals surface area contributed by atoms with Gasteiger partial charge in [0.1, 0.15) is 6.04 Å². The Balaban J connectivity index is 1.42. The SMILES string of the molecule is O=C(CCCCCCCCc1ccccc1)N[C@H]1CCOC1=O. The van der Waals surface area contributed by atoms with Crippen molar-refractivity contribution in [1.29, 1.82) is 0 Å². The summed E-state index contributed by atoms with van der Waals surface area (Å²) in [5.74, 6) is -0.324. The fourth-order valence-electron chi connectivity index (χ4n) is 2.86. The van der Waals surface area contributed by atoms with E-state index in [0.717, 1.165) is 19.3 Å². The molecule has 0 spiro atoms. The molecule has 1 heterocycles. The number of hydrogen-bond acceptors (Lipinski definition) is 3. The third-order valence-electron chi connectivity index (χ3n) is 4.23. The minimum atomic E-state index is -0.416. The van der Waals surface area contributed by atoms with Crippen LogP contribution in [0.2, 0.25) is 0 Å². The maximum atomic E-state index is 11.7. The highest BCUT2D eigenvalue weighted by atomic mass is 16.5. The largest absolute Gasteiger partial charge is 0.464 e. The van der Waals surface area contributed by atoms with E-state index >= 15 is 0 Å². The summed E-state index contributed by atoms with van der Waals surface area (Å²) in [6.45, 7) is 0.423. The summed E-state index contributed by atoms with van der Waals surface area (Å²) in [5, 5.41) is 2.74. The lowest BCUT2D eigenvalue weighted by atomic mass is 10.0. The van der Waals surface area contributed by atoms with E-state index < -0.39 is 6.04 Å². The van der Waals surface area contributed by atoms with Crippen molar-refractivity contribution in [3.05, 3.63) is 35.9 Å². The number of rotatable bonds is 10. The lowest BCUT2D eigenvalue weighted by Crippen LogP contribution is -2.37. The first-order valence-electron chi connectivity index (χ1n) is 8.75. The van der Waals surface area contributed by atoms with Crippen LogP contribution < -0.4 is 5.32 Å². The lowest BCUT2D eigenvalue weighted by Gasteiger charge is -2.08. The molecular formula is C19H27NO3. The number of hydrogen-bond donors (Lipinski definition) is 1. The second-order valence-electron chi connectivity index (χ2n) is 6.18. The minimum absolute atomic E-state index is 0.0297. The molecule has 0 bridgehead atoms. The average Bonchev–Trinajstić information content (AvgIpc) is 2.96. The van der Waals surface area contributed by atoms with Crippen LogP contribution >= 0.6 is 0 Å². The summed E-state index contributed by atoms with van der Waals surface area (Å²) in [6, 6.07) is 10.2. The smallest absolute Gasteiger partial charge is 0.328 e. The molecule has 2 rings (SSSR count). The Hall–Kier alpha value is -1.84. The summed E-state index contributed by atoms with van der Waals surface area (Å²) >= 11 is 0. The Morgan fingerprint density at radius 3 is 2.43 bits per heavy atom. The molecule has 0 aliphatic carbocycles. The average molecular weight is 317 g/mol. The number of carbonyl (C=O) groups is 2. The van der Waals surface area contributed by atoms with Gasteiger partial charge in [0.05, 0.1) is 6.61 Å². The molecule has 4 nitrogen and oxygen atoms in total. The van der Waals surface area contributed by atoms with Crippen molar-refractivity contribution in [2.45, 2.75) is 63.8 Å². The molecule has 1 amide bonds. The molecule has 0 saturated carbocycles. The Bertz CT molecular complexity index is 487. The number of carbonyl (C=O) groups excluding carboxylic acids is 2. The monoisotopic (exact) mass is 317 g/mol. The molecule has 1 saturated heterocycles. The van der Waals surface area contributed by atoms with Gasteiger partial charge in [0, 0.05) is 12.8 Å². The number of benzene rings is 1. The van der Waals surface area contributed by atoms with Crippen LogP contribution in [-0.4, -0.2) is 24.5 Å². The summed E-state index contributed by atoms with van der Waals surface area (Å²) in [7, 11) is 0. The van der Waals surface area contributed by atoms with Crippen LogP contribution in [0.3, 0.4) is 0 Å². The topological polar surface area (TPSA) is 55.4 Å². The van der Waals surface area contributed by atoms with Crippen molar-refractivity contribution in [3.8, 4) is 0 Å². The van der Waals surface area contributed by atoms with Crippen LogP contribution in [-0.2, 0) is 20.7 Å². The van der Waals surface area contributed by atoms with Gasteiger partial charge in [-0.3, -0.25) is 4.79 Å². The molecule has 0 aromatic heterocycles. The van der Waals surface area contributed by atoms with E-state index in [1.54, 1.807) is 0 Å². The van der Waals surface area contributed by atoms with Crippen LogP contribution in [0.25, 0.3) is 0 Å². The van der Waals surface area contributed by atoms with Gasteiger partial charge in [0.2, 0.25) is 5.91 Å². The number of unbranched alkanes of at least 4 members (excludes halogenated alkanes) is 5. The molecule has 1 fully saturated rings. The maximum absolute atomic E-state index is 11.7. The number of aryl methyl sites for hydroxylation is 1. The molecule has 1 N–H and O–H groups in total. The first kappa shape index (κ1) is 17.5. The molecule has 1 atom stereocenters. The van der Waals surface area contributed by atoms with Crippen LogP contribution in [0.1, 0.15) is 56.9 Å². The molecule has 23 heavy (non-hydrogen) atoms. The number of ether oxygens (including phenoxy) is 1. The van der Waals surface area contributed by atoms with E-state index in [0.29, 0.717) is 19.4 Å². The molecule has 1 aromatic rings. The van der Waals surface area contributed by atoms with Gasteiger partial charge in [-0.1, -0.05) is 56.0 Å². The van der Waals surface area contributed by atoms with Crippen molar-refractivity contribution in [3.63, 3.8) is 0 Å². The van der Waals surface area contributed by atoms with E-state index in [2.05, 4.69) is 35.6 Å². The first-order valence-corrected chi connectivity index (χ1v) is 8.75. The van der Waals surface area contributed by atoms with Crippen molar-refractivity contribution in [2.24, 2.45) is 0 Å². The zero-order chi connectivity index (χ0) is 16.3. The van der Waals surface area contributed by atoms with Crippen LogP contribution in [0.4, 0.5) is 0 Å². The number of cyclic esters (lactones) is 1. The molecule has 4 heteroatoms. The van der Waals surface area contributed by atoms with Crippen LogP contribution in [0.5, 0.6) is 0 Å². The Labute approximate surface area is 138 Å². The van der Waals surface area contributed by atoms with Gasteiger partial charge in [0.15, 0.2) is 0 Å². The molecule has 1 aromatic carbocycles. The summed E-state index contributed by atoms with van der Waals surface area (Å²) in [5.41, 5.74) is 1.41. The zero-order valence-electron chi connectivity index (χ0n) is 13.8. The quantitative estimate of drug-likeness (QED) is 0.531. The Morgan fingerprint density at radius 1 is 1.04 bits per heavy atom. The highest BCUT2D eigenvalue weighted by molar-refractivity contribution is 5.85. The van der Waals surface area contributed by atoms with Gasteiger partial charge in [-0.2, -0.15) is 0 Å². The predicted molar refractivity (Wildman–Crippen MR) is 90.0 cm³/mol. The summed E-state index contributed by atoms with van der Waals surface area (Å²) in [4.78, 5) is 23.0. The van der Waals surface area contributed by atoms with Crippen molar-refractivity contribution >= 4 is 11.9 Å². The Morgan fingerprint density at radius 2 is 1.74 bits per heavy atom. The van der Waals surface area contributed by atoms with Crippen molar-refractivity contribution < 1.29 is 14.3 Å². The second-order valence-corrected chi connectivity index (χ2v) is 6.18. The molecule has 126 valence electrons. The molecule has 1 aliphatic heterocycles. The van der Waals surface area contributed by atoms with Crippen molar-refractivity contribution in [1.82, 2.24) is 5.32 Å². The fraction of sp³-hybridized carbons (Fsp3) is 0.579. The highest BCUT2D eigenvalue weighted by Gasteiger charge is 2.27. The van der Waals surface area contributed by atoms with Gasteiger partial charge in [0.25, 0.3) is 0 Å². The second kappa shape index (κ2) is 10.0. The van der Waals surface area contributed by atoms with Crippen molar-refractivity contribution in [2.75, 3.05) is 6.61 Å². The van der Waals surface area contributed by atoms with Gasteiger partial charge in [-0.05, 0) is 24.8 Å². The van der Waals surface area contributed by atoms with E-state index in [1.807, 2.05) is 0 Å². The number of amides is 1. The van der Waals surface area contributed by atoms with E-state index in [9.17, 15) is 9.59 Å². The third-order valence-corrected chi connectivity index (χ3v) is 4.23. The Kier molecular flexibility index (Phi) is 7.64. The minimum Gasteiger partial charge on any atom is -0.464 e. The predicted octanol–water partition coefficient (Wildman–Crippen LogP) is 3.39. The summed E-state index contributed by atoms with van der Waals surface area (Å²) < 4.78 is 4.83. The first-order chi connectivity index (χ1) is 11.3. The normalized spacial score (nSPS) is 17.0. The molecule has 0 radical (unpaired) electrons. The van der Waals surface area contributed by atoms with Gasteiger partial charge >= 0.3 is 5.97 Å². The maximum Gasteiger partial charge on any atom is 0.328 e. The van der Waals surface area contributed by atoms with E-state index in [4.69, 9.17) is 4.74 Å². The third kappa shape index (κ3) is 6.85. The van der Waals surface area contributed by atoms with Gasteiger partial charge < -0.3 is 10.1 Å². The molecule has 0 unspecified atom stereocenters.